The van der Waals surface area contributed by atoms with Crippen molar-refractivity contribution in [1.29, 1.82) is 0 Å². The molecule has 0 amide bonds. The second-order valence-electron chi connectivity index (χ2n) is 3.21. The van der Waals surface area contributed by atoms with Crippen molar-refractivity contribution in [2.45, 2.75) is 26.7 Å². The molecular formula is C7H13Br. The molecular weight excluding hydrogens is 164 g/mol. The number of halogens is 1. The Bertz CT molecular complexity index is 84.4. The molecule has 0 aromatic rings. The SMILES string of the molecule is CC(CBr)C1(C)CC1. The predicted molar refractivity (Wildman–Crippen MR) is 40.3 cm³/mol. The van der Waals surface area contributed by atoms with Crippen molar-refractivity contribution in [3.8, 4) is 0 Å². The van der Waals surface area contributed by atoms with Crippen molar-refractivity contribution < 1.29 is 0 Å². The van der Waals surface area contributed by atoms with E-state index in [0.717, 1.165) is 5.92 Å². The summed E-state index contributed by atoms with van der Waals surface area (Å²) in [6, 6.07) is 0. The van der Waals surface area contributed by atoms with Gasteiger partial charge in [0.15, 0.2) is 0 Å². The molecule has 1 saturated carbocycles. The summed E-state index contributed by atoms with van der Waals surface area (Å²) in [5.41, 5.74) is 0.712. The van der Waals surface area contributed by atoms with E-state index in [1.165, 1.54) is 18.2 Å². The topological polar surface area (TPSA) is 0 Å². The van der Waals surface area contributed by atoms with Crippen LogP contribution in [0.15, 0.2) is 0 Å². The maximum Gasteiger partial charge on any atom is 0.00622 e. The third-order valence-corrected chi connectivity index (χ3v) is 3.43. The average Bonchev–Trinajstić information content (AvgIpc) is 2.47. The maximum absolute atomic E-state index is 3.49. The molecule has 0 radical (unpaired) electrons. The molecule has 0 aromatic heterocycles. The van der Waals surface area contributed by atoms with Crippen molar-refractivity contribution in [3.05, 3.63) is 0 Å². The zero-order valence-electron chi connectivity index (χ0n) is 5.58. The average molecular weight is 177 g/mol. The fourth-order valence-electron chi connectivity index (χ4n) is 0.876. The first-order valence-corrected chi connectivity index (χ1v) is 4.37. The summed E-state index contributed by atoms with van der Waals surface area (Å²) in [5.74, 6) is 0.877. The molecule has 1 atom stereocenters. The molecule has 1 rings (SSSR count). The van der Waals surface area contributed by atoms with Crippen LogP contribution in [0.4, 0.5) is 0 Å². The smallest absolute Gasteiger partial charge is 0.00622 e. The summed E-state index contributed by atoms with van der Waals surface area (Å²) < 4.78 is 0. The first kappa shape index (κ1) is 6.60. The fraction of sp³-hybridized carbons (Fsp3) is 1.00. The molecule has 0 nitrogen and oxygen atoms in total. The van der Waals surface area contributed by atoms with E-state index < -0.39 is 0 Å². The van der Waals surface area contributed by atoms with Gasteiger partial charge in [-0.2, -0.15) is 0 Å². The van der Waals surface area contributed by atoms with Crippen LogP contribution in [0.2, 0.25) is 0 Å². The number of hydrogen-bond donors (Lipinski definition) is 0. The van der Waals surface area contributed by atoms with Gasteiger partial charge in [-0.25, -0.2) is 0 Å². The minimum atomic E-state index is 0.712. The van der Waals surface area contributed by atoms with Gasteiger partial charge in [-0.3, -0.25) is 0 Å². The molecule has 0 aliphatic heterocycles. The molecule has 8 heavy (non-hydrogen) atoms. The van der Waals surface area contributed by atoms with Crippen LogP contribution < -0.4 is 0 Å². The minimum Gasteiger partial charge on any atom is -0.0925 e. The summed E-state index contributed by atoms with van der Waals surface area (Å²) in [7, 11) is 0. The summed E-state index contributed by atoms with van der Waals surface area (Å²) in [4.78, 5) is 0. The number of alkyl halides is 1. The highest BCUT2D eigenvalue weighted by Gasteiger charge is 2.41. The maximum atomic E-state index is 3.49. The monoisotopic (exact) mass is 176 g/mol. The standard InChI is InChI=1S/C7H13Br/c1-6(5-8)7(2)3-4-7/h6H,3-5H2,1-2H3. The van der Waals surface area contributed by atoms with E-state index in [1.54, 1.807) is 0 Å². The molecule has 0 aromatic carbocycles. The van der Waals surface area contributed by atoms with Crippen molar-refractivity contribution >= 4 is 15.9 Å². The number of hydrogen-bond acceptors (Lipinski definition) is 0. The van der Waals surface area contributed by atoms with E-state index in [9.17, 15) is 0 Å². The van der Waals surface area contributed by atoms with Gasteiger partial charge >= 0.3 is 0 Å². The first-order chi connectivity index (χ1) is 3.69. The van der Waals surface area contributed by atoms with E-state index in [-0.39, 0.29) is 0 Å². The third-order valence-electron chi connectivity index (χ3n) is 2.46. The normalized spacial score (nSPS) is 27.4. The molecule has 0 heterocycles. The van der Waals surface area contributed by atoms with Crippen LogP contribution >= 0.6 is 15.9 Å². The van der Waals surface area contributed by atoms with Gasteiger partial charge in [-0.05, 0) is 24.2 Å². The second-order valence-corrected chi connectivity index (χ2v) is 3.86. The summed E-state index contributed by atoms with van der Waals surface area (Å²) in [5, 5.41) is 1.17. The van der Waals surface area contributed by atoms with Crippen LogP contribution in [-0.2, 0) is 0 Å². The van der Waals surface area contributed by atoms with E-state index in [2.05, 4.69) is 29.8 Å². The highest BCUT2D eigenvalue weighted by molar-refractivity contribution is 9.09. The Morgan fingerprint density at radius 3 is 2.25 bits per heavy atom. The molecule has 1 heteroatoms. The van der Waals surface area contributed by atoms with E-state index in [1.807, 2.05) is 0 Å². The highest BCUT2D eigenvalue weighted by Crippen LogP contribution is 2.51. The Morgan fingerprint density at radius 1 is 1.62 bits per heavy atom. The van der Waals surface area contributed by atoms with Gasteiger partial charge in [0.1, 0.15) is 0 Å². The van der Waals surface area contributed by atoms with E-state index >= 15 is 0 Å². The lowest BCUT2D eigenvalue weighted by Gasteiger charge is -2.14. The van der Waals surface area contributed by atoms with Crippen LogP contribution in [-0.4, -0.2) is 5.33 Å². The van der Waals surface area contributed by atoms with Crippen LogP contribution in [0.3, 0.4) is 0 Å². The summed E-state index contributed by atoms with van der Waals surface area (Å²) in [6.45, 7) is 4.70. The second kappa shape index (κ2) is 2.02. The molecule has 48 valence electrons. The Labute approximate surface area is 59.8 Å². The van der Waals surface area contributed by atoms with Gasteiger partial charge in [-0.1, -0.05) is 29.8 Å². The van der Waals surface area contributed by atoms with Crippen molar-refractivity contribution in [2.24, 2.45) is 11.3 Å². The van der Waals surface area contributed by atoms with Gasteiger partial charge < -0.3 is 0 Å². The molecule has 1 aliphatic rings. The molecule has 0 bridgehead atoms. The van der Waals surface area contributed by atoms with E-state index in [0.29, 0.717) is 5.41 Å². The summed E-state index contributed by atoms with van der Waals surface area (Å²) >= 11 is 3.49. The predicted octanol–water partition coefficient (Wildman–Crippen LogP) is 2.82. The van der Waals surface area contributed by atoms with Crippen LogP contribution in [0.1, 0.15) is 26.7 Å². The van der Waals surface area contributed by atoms with Crippen LogP contribution in [0.25, 0.3) is 0 Å². The molecule has 1 fully saturated rings. The minimum absolute atomic E-state index is 0.712. The third kappa shape index (κ3) is 1.07. The molecule has 1 aliphatic carbocycles. The van der Waals surface area contributed by atoms with Gasteiger partial charge in [0.25, 0.3) is 0 Å². The first-order valence-electron chi connectivity index (χ1n) is 3.25. The van der Waals surface area contributed by atoms with Gasteiger partial charge in [-0.15, -0.1) is 0 Å². The summed E-state index contributed by atoms with van der Waals surface area (Å²) in [6.07, 6.45) is 2.89. The van der Waals surface area contributed by atoms with E-state index in [4.69, 9.17) is 0 Å². The lowest BCUT2D eigenvalue weighted by Crippen LogP contribution is -2.08. The molecule has 1 unspecified atom stereocenters. The van der Waals surface area contributed by atoms with Gasteiger partial charge in [0, 0.05) is 5.33 Å². The lowest BCUT2D eigenvalue weighted by atomic mass is 9.95. The quantitative estimate of drug-likeness (QED) is 0.569. The van der Waals surface area contributed by atoms with Crippen molar-refractivity contribution in [1.82, 2.24) is 0 Å². The van der Waals surface area contributed by atoms with Crippen molar-refractivity contribution in [3.63, 3.8) is 0 Å². The lowest BCUT2D eigenvalue weighted by molar-refractivity contribution is 0.406. The Morgan fingerprint density at radius 2 is 2.12 bits per heavy atom. The zero-order chi connectivity index (χ0) is 6.20. The van der Waals surface area contributed by atoms with Crippen LogP contribution in [0, 0.1) is 11.3 Å². The van der Waals surface area contributed by atoms with Crippen molar-refractivity contribution in [2.75, 3.05) is 5.33 Å². The van der Waals surface area contributed by atoms with Gasteiger partial charge in [0.2, 0.25) is 0 Å². The molecule has 0 spiro atoms. The molecule has 0 saturated heterocycles. The zero-order valence-corrected chi connectivity index (χ0v) is 7.16. The number of rotatable bonds is 2. The Kier molecular flexibility index (Phi) is 1.66. The molecule has 0 N–H and O–H groups in total. The Hall–Kier alpha value is 0.480. The van der Waals surface area contributed by atoms with Crippen LogP contribution in [0.5, 0.6) is 0 Å². The Balaban J connectivity index is 2.34. The highest BCUT2D eigenvalue weighted by atomic mass is 79.9. The fourth-order valence-corrected chi connectivity index (χ4v) is 1.66. The largest absolute Gasteiger partial charge is 0.0925 e. The van der Waals surface area contributed by atoms with Gasteiger partial charge in [0.05, 0.1) is 0 Å².